The average Bonchev–Trinajstić information content (AvgIpc) is 2.98. The van der Waals surface area contributed by atoms with Crippen molar-refractivity contribution in [1.29, 1.82) is 0 Å². The van der Waals surface area contributed by atoms with E-state index in [1.807, 2.05) is 18.2 Å². The molecule has 1 aromatic carbocycles. The van der Waals surface area contributed by atoms with Crippen molar-refractivity contribution >= 4 is 11.4 Å². The van der Waals surface area contributed by atoms with Crippen molar-refractivity contribution in [2.75, 3.05) is 0 Å². The highest BCUT2D eigenvalue weighted by molar-refractivity contribution is 6.07. The molecule has 0 amide bonds. The Balaban J connectivity index is 1.91. The van der Waals surface area contributed by atoms with E-state index in [2.05, 4.69) is 4.98 Å². The van der Waals surface area contributed by atoms with Gasteiger partial charge in [-0.3, -0.25) is 4.79 Å². The number of halogens is 1. The van der Waals surface area contributed by atoms with Crippen LogP contribution in [-0.2, 0) is 0 Å². The van der Waals surface area contributed by atoms with Crippen molar-refractivity contribution in [3.05, 3.63) is 71.7 Å². The minimum atomic E-state index is -0.557. The van der Waals surface area contributed by atoms with Crippen molar-refractivity contribution in [3.63, 3.8) is 0 Å². The van der Waals surface area contributed by atoms with Gasteiger partial charge in [-0.2, -0.15) is 0 Å². The van der Waals surface area contributed by atoms with Gasteiger partial charge in [0, 0.05) is 5.57 Å². The molecule has 0 N–H and O–H groups in total. The van der Waals surface area contributed by atoms with Gasteiger partial charge in [0.2, 0.25) is 11.7 Å². The highest BCUT2D eigenvalue weighted by Gasteiger charge is 2.18. The van der Waals surface area contributed by atoms with E-state index in [9.17, 15) is 9.18 Å². The van der Waals surface area contributed by atoms with E-state index in [4.69, 9.17) is 4.42 Å². The number of carbonyl (C=O) groups is 1. The van der Waals surface area contributed by atoms with Crippen molar-refractivity contribution in [2.24, 2.45) is 0 Å². The van der Waals surface area contributed by atoms with E-state index in [1.165, 1.54) is 24.5 Å². The first-order valence-corrected chi connectivity index (χ1v) is 6.37. The quantitative estimate of drug-likeness (QED) is 0.796. The van der Waals surface area contributed by atoms with Gasteiger partial charge in [0.15, 0.2) is 5.69 Å². The number of aromatic nitrogens is 1. The summed E-state index contributed by atoms with van der Waals surface area (Å²) in [5.41, 5.74) is 0.967. The minimum absolute atomic E-state index is 0.000478. The molecule has 0 aliphatic heterocycles. The Morgan fingerprint density at radius 1 is 1.25 bits per heavy atom. The maximum atomic E-state index is 13.6. The van der Waals surface area contributed by atoms with E-state index in [1.54, 1.807) is 6.07 Å². The molecule has 0 unspecified atom stereocenters. The summed E-state index contributed by atoms with van der Waals surface area (Å²) in [7, 11) is 0. The molecular weight excluding hydrogens is 257 g/mol. The maximum Gasteiger partial charge on any atom is 0.226 e. The predicted octanol–water partition coefficient (Wildman–Crippen LogP) is 3.78. The minimum Gasteiger partial charge on any atom is -0.444 e. The highest BCUT2D eigenvalue weighted by Crippen LogP contribution is 2.22. The lowest BCUT2D eigenvalue weighted by Gasteiger charge is -2.01. The lowest BCUT2D eigenvalue weighted by atomic mass is 10.1. The summed E-state index contributed by atoms with van der Waals surface area (Å²) in [6.07, 6.45) is 9.12. The third-order valence-electron chi connectivity index (χ3n) is 3.10. The number of carbonyl (C=O) groups excluding carboxylic acids is 1. The number of hydrogen-bond donors (Lipinski definition) is 0. The van der Waals surface area contributed by atoms with Crippen LogP contribution in [0, 0.1) is 5.82 Å². The first kappa shape index (κ1) is 12.5. The smallest absolute Gasteiger partial charge is 0.226 e. The first-order chi connectivity index (χ1) is 9.75. The Morgan fingerprint density at radius 2 is 2.10 bits per heavy atom. The fraction of sp³-hybridized carbons (Fsp3) is 0.125. The molecule has 3 rings (SSSR count). The zero-order valence-corrected chi connectivity index (χ0v) is 10.7. The molecule has 20 heavy (non-hydrogen) atoms. The van der Waals surface area contributed by atoms with Crippen LogP contribution in [0.4, 0.5) is 4.39 Å². The molecule has 0 saturated carbocycles. The zero-order valence-electron chi connectivity index (χ0n) is 10.7. The lowest BCUT2D eigenvalue weighted by molar-refractivity contribution is 0.103. The number of rotatable bonds is 3. The lowest BCUT2D eigenvalue weighted by Crippen LogP contribution is -2.04. The van der Waals surface area contributed by atoms with Gasteiger partial charge in [-0.15, -0.1) is 0 Å². The normalized spacial score (nSPS) is 14.2. The van der Waals surface area contributed by atoms with Crippen LogP contribution >= 0.6 is 0 Å². The second-order valence-corrected chi connectivity index (χ2v) is 4.49. The van der Waals surface area contributed by atoms with Crippen LogP contribution in [0.5, 0.6) is 0 Å². The van der Waals surface area contributed by atoms with Crippen LogP contribution in [0.3, 0.4) is 0 Å². The Labute approximate surface area is 115 Å². The van der Waals surface area contributed by atoms with E-state index >= 15 is 0 Å². The van der Waals surface area contributed by atoms with Crippen molar-refractivity contribution in [3.8, 4) is 0 Å². The number of allylic oxidation sites excluding steroid dienone is 4. The molecule has 2 aromatic rings. The van der Waals surface area contributed by atoms with Crippen molar-refractivity contribution in [2.45, 2.75) is 12.8 Å². The fourth-order valence-electron chi connectivity index (χ4n) is 2.07. The van der Waals surface area contributed by atoms with Gasteiger partial charge in [0.1, 0.15) is 12.1 Å². The summed E-state index contributed by atoms with van der Waals surface area (Å²) in [4.78, 5) is 16.3. The topological polar surface area (TPSA) is 43.1 Å². The number of benzene rings is 1. The predicted molar refractivity (Wildman–Crippen MR) is 72.7 cm³/mol. The molecule has 0 radical (unpaired) electrons. The molecular formula is C16H12FNO2. The molecule has 1 aromatic heterocycles. The molecule has 0 atom stereocenters. The number of oxazole rings is 1. The van der Waals surface area contributed by atoms with Crippen LogP contribution < -0.4 is 0 Å². The Hall–Kier alpha value is -2.49. The van der Waals surface area contributed by atoms with E-state index in [0.717, 1.165) is 18.4 Å². The van der Waals surface area contributed by atoms with Crippen LogP contribution in [0.1, 0.15) is 34.8 Å². The van der Waals surface area contributed by atoms with E-state index in [0.29, 0.717) is 5.89 Å². The van der Waals surface area contributed by atoms with Gasteiger partial charge in [-0.1, -0.05) is 30.4 Å². The fourth-order valence-corrected chi connectivity index (χ4v) is 2.07. The number of nitrogens with zero attached hydrogens (tertiary/aromatic N) is 1. The van der Waals surface area contributed by atoms with Crippen LogP contribution in [0.2, 0.25) is 0 Å². The van der Waals surface area contributed by atoms with Gasteiger partial charge in [-0.05, 0) is 25.0 Å². The number of ketones is 1. The SMILES string of the molecule is O=C(c1coc(C2=CCCC=C2)n1)c1ccccc1F. The second-order valence-electron chi connectivity index (χ2n) is 4.49. The molecule has 0 spiro atoms. The van der Waals surface area contributed by atoms with Gasteiger partial charge in [0.25, 0.3) is 0 Å². The third-order valence-corrected chi connectivity index (χ3v) is 3.10. The van der Waals surface area contributed by atoms with Gasteiger partial charge in [0.05, 0.1) is 5.56 Å². The van der Waals surface area contributed by atoms with Gasteiger partial charge >= 0.3 is 0 Å². The monoisotopic (exact) mass is 269 g/mol. The van der Waals surface area contributed by atoms with Crippen LogP contribution in [0.15, 0.2) is 53.2 Å². The Morgan fingerprint density at radius 3 is 2.85 bits per heavy atom. The zero-order chi connectivity index (χ0) is 13.9. The maximum absolute atomic E-state index is 13.6. The molecule has 0 bridgehead atoms. The highest BCUT2D eigenvalue weighted by atomic mass is 19.1. The Bertz CT molecular complexity index is 713. The molecule has 0 fully saturated rings. The molecule has 100 valence electrons. The van der Waals surface area contributed by atoms with Gasteiger partial charge in [-0.25, -0.2) is 9.37 Å². The Kier molecular flexibility index (Phi) is 3.29. The summed E-state index contributed by atoms with van der Waals surface area (Å²) >= 11 is 0. The molecule has 1 aliphatic rings. The molecule has 4 heteroatoms. The average molecular weight is 269 g/mol. The van der Waals surface area contributed by atoms with E-state index < -0.39 is 11.6 Å². The van der Waals surface area contributed by atoms with Crippen LogP contribution in [0.25, 0.3) is 5.57 Å². The van der Waals surface area contributed by atoms with Crippen molar-refractivity contribution < 1.29 is 13.6 Å². The van der Waals surface area contributed by atoms with Gasteiger partial charge < -0.3 is 4.42 Å². The molecule has 1 heterocycles. The molecule has 3 nitrogen and oxygen atoms in total. The molecule has 0 saturated heterocycles. The van der Waals surface area contributed by atoms with Crippen LogP contribution in [-0.4, -0.2) is 10.8 Å². The third kappa shape index (κ3) is 2.32. The summed E-state index contributed by atoms with van der Waals surface area (Å²) < 4.78 is 18.9. The number of hydrogen-bond acceptors (Lipinski definition) is 3. The summed E-state index contributed by atoms with van der Waals surface area (Å²) in [5.74, 6) is -0.641. The van der Waals surface area contributed by atoms with Crippen molar-refractivity contribution in [1.82, 2.24) is 4.98 Å². The standard InChI is InChI=1S/C16H12FNO2/c17-13-9-5-4-8-12(13)15(19)14-10-20-16(18-14)11-6-2-1-3-7-11/h2,4-10H,1,3H2. The summed E-state index contributed by atoms with van der Waals surface area (Å²) in [5, 5.41) is 0. The molecule has 1 aliphatic carbocycles. The second kappa shape index (κ2) is 5.25. The largest absolute Gasteiger partial charge is 0.444 e. The first-order valence-electron chi connectivity index (χ1n) is 6.37. The summed E-state index contributed by atoms with van der Waals surface area (Å²) in [6, 6.07) is 5.84. The van der Waals surface area contributed by atoms with E-state index in [-0.39, 0.29) is 11.3 Å². The summed E-state index contributed by atoms with van der Waals surface area (Å²) in [6.45, 7) is 0.